The minimum Gasteiger partial charge on any atom is -0.315 e. The first-order valence-corrected chi connectivity index (χ1v) is 8.08. The number of carbonyl (C=O) groups excluding carboxylic acids is 1. The fourth-order valence-corrected chi connectivity index (χ4v) is 3.98. The van der Waals surface area contributed by atoms with Crippen LogP contribution in [-0.4, -0.2) is 40.5 Å². The van der Waals surface area contributed by atoms with Crippen LogP contribution in [-0.2, 0) is 21.2 Å². The van der Waals surface area contributed by atoms with Crippen molar-refractivity contribution in [3.8, 4) is 0 Å². The first-order valence-electron chi connectivity index (χ1n) is 6.60. The fraction of sp³-hybridized carbons (Fsp3) is 0.462. The molecular formula is C13H17N3O3S. The van der Waals surface area contributed by atoms with Gasteiger partial charge < -0.3 is 10.2 Å². The summed E-state index contributed by atoms with van der Waals surface area (Å²) in [4.78, 5) is 13.4. The Balaban J connectivity index is 1.87. The zero-order chi connectivity index (χ0) is 14.3. The number of nitrogens with zero attached hydrogens (tertiary/aromatic N) is 1. The van der Waals surface area contributed by atoms with Gasteiger partial charge in [-0.2, -0.15) is 0 Å². The lowest BCUT2D eigenvalue weighted by Crippen LogP contribution is -2.36. The van der Waals surface area contributed by atoms with Crippen LogP contribution in [0.25, 0.3) is 0 Å². The lowest BCUT2D eigenvalue weighted by atomic mass is 10.2. The van der Waals surface area contributed by atoms with Gasteiger partial charge in [-0.05, 0) is 36.7 Å². The molecule has 0 spiro atoms. The van der Waals surface area contributed by atoms with Crippen LogP contribution in [0.1, 0.15) is 12.0 Å². The molecule has 0 bridgehead atoms. The first-order chi connectivity index (χ1) is 9.47. The van der Waals surface area contributed by atoms with Gasteiger partial charge in [0.2, 0.25) is 15.9 Å². The summed E-state index contributed by atoms with van der Waals surface area (Å²) in [5.74, 6) is -0.0116. The number of hydrogen-bond acceptors (Lipinski definition) is 4. The van der Waals surface area contributed by atoms with Crippen molar-refractivity contribution in [3.63, 3.8) is 0 Å². The molecule has 1 amide bonds. The topological polar surface area (TPSA) is 78.5 Å². The number of amides is 1. The average Bonchev–Trinajstić information content (AvgIpc) is 2.98. The molecule has 1 unspecified atom stereocenters. The molecule has 2 aliphatic heterocycles. The maximum absolute atomic E-state index is 12.3. The molecule has 2 N–H and O–H groups in total. The highest BCUT2D eigenvalue weighted by atomic mass is 32.2. The lowest BCUT2D eigenvalue weighted by Gasteiger charge is -2.14. The quantitative estimate of drug-likeness (QED) is 0.812. The molecule has 2 aliphatic rings. The van der Waals surface area contributed by atoms with E-state index in [4.69, 9.17) is 0 Å². The molecule has 3 rings (SSSR count). The van der Waals surface area contributed by atoms with Gasteiger partial charge in [-0.15, -0.1) is 0 Å². The van der Waals surface area contributed by atoms with E-state index in [0.29, 0.717) is 6.54 Å². The van der Waals surface area contributed by atoms with Crippen LogP contribution in [0.4, 0.5) is 5.69 Å². The molecule has 2 heterocycles. The molecule has 1 atom stereocenters. The smallest absolute Gasteiger partial charge is 0.240 e. The van der Waals surface area contributed by atoms with Gasteiger partial charge in [0, 0.05) is 25.3 Å². The maximum Gasteiger partial charge on any atom is 0.240 e. The third kappa shape index (κ3) is 2.32. The number of likely N-dealkylation sites (N-methyl/N-ethyl adjacent to an activating group) is 1. The van der Waals surface area contributed by atoms with E-state index in [1.165, 1.54) is 0 Å². The second kappa shape index (κ2) is 4.83. The van der Waals surface area contributed by atoms with Crippen LogP contribution in [0.15, 0.2) is 23.1 Å². The summed E-state index contributed by atoms with van der Waals surface area (Å²) in [6.45, 7) is 1.49. The van der Waals surface area contributed by atoms with Gasteiger partial charge in [-0.25, -0.2) is 13.1 Å². The minimum atomic E-state index is -3.52. The molecule has 7 heteroatoms. The Morgan fingerprint density at radius 3 is 2.90 bits per heavy atom. The Morgan fingerprint density at radius 1 is 1.40 bits per heavy atom. The number of nitrogens with one attached hydrogen (secondary N) is 2. The van der Waals surface area contributed by atoms with Gasteiger partial charge in [-0.3, -0.25) is 4.79 Å². The van der Waals surface area contributed by atoms with Crippen molar-refractivity contribution in [1.29, 1.82) is 0 Å². The molecule has 1 fully saturated rings. The number of anilines is 1. The summed E-state index contributed by atoms with van der Waals surface area (Å²) in [6, 6.07) is 4.79. The number of rotatable bonds is 3. The van der Waals surface area contributed by atoms with Crippen LogP contribution in [0, 0.1) is 0 Å². The number of carbonyl (C=O) groups is 1. The van der Waals surface area contributed by atoms with E-state index in [0.717, 1.165) is 24.2 Å². The predicted molar refractivity (Wildman–Crippen MR) is 75.2 cm³/mol. The Bertz CT molecular complexity index is 651. The normalized spacial score (nSPS) is 22.4. The van der Waals surface area contributed by atoms with Crippen molar-refractivity contribution in [3.05, 3.63) is 23.8 Å². The van der Waals surface area contributed by atoms with Crippen molar-refractivity contribution < 1.29 is 13.2 Å². The number of fused-ring (bicyclic) bond motifs is 1. The van der Waals surface area contributed by atoms with Crippen LogP contribution in [0.2, 0.25) is 0 Å². The van der Waals surface area contributed by atoms with Crippen LogP contribution in [0.5, 0.6) is 0 Å². The Labute approximate surface area is 118 Å². The van der Waals surface area contributed by atoms with Gasteiger partial charge in [0.15, 0.2) is 0 Å². The summed E-state index contributed by atoms with van der Waals surface area (Å²) < 4.78 is 27.3. The second-order valence-corrected chi connectivity index (χ2v) is 6.95. The van der Waals surface area contributed by atoms with Crippen molar-refractivity contribution >= 4 is 21.6 Å². The third-order valence-electron chi connectivity index (χ3n) is 3.82. The highest BCUT2D eigenvalue weighted by Gasteiger charge is 2.27. The molecule has 0 radical (unpaired) electrons. The monoisotopic (exact) mass is 295 g/mol. The molecule has 0 saturated carbocycles. The summed E-state index contributed by atoms with van der Waals surface area (Å²) in [6.07, 6.45) is 1.06. The Morgan fingerprint density at radius 2 is 2.20 bits per heavy atom. The minimum absolute atomic E-state index is 0.0116. The third-order valence-corrected chi connectivity index (χ3v) is 5.34. The van der Waals surface area contributed by atoms with Crippen molar-refractivity contribution in [1.82, 2.24) is 10.0 Å². The summed E-state index contributed by atoms with van der Waals surface area (Å²) >= 11 is 0. The fourth-order valence-electron chi connectivity index (χ4n) is 2.66. The second-order valence-electron chi connectivity index (χ2n) is 5.23. The molecular weight excluding hydrogens is 278 g/mol. The molecule has 1 aromatic rings. The molecule has 108 valence electrons. The summed E-state index contributed by atoms with van der Waals surface area (Å²) in [5.41, 5.74) is 1.56. The van der Waals surface area contributed by atoms with Gasteiger partial charge in [0.1, 0.15) is 0 Å². The Hall–Kier alpha value is -1.44. The molecule has 20 heavy (non-hydrogen) atoms. The molecule has 1 saturated heterocycles. The van der Waals surface area contributed by atoms with Gasteiger partial charge in [-0.1, -0.05) is 0 Å². The number of hydrogen-bond donors (Lipinski definition) is 2. The van der Waals surface area contributed by atoms with Crippen molar-refractivity contribution in [2.45, 2.75) is 23.8 Å². The number of benzene rings is 1. The average molecular weight is 295 g/mol. The van der Waals surface area contributed by atoms with Crippen molar-refractivity contribution in [2.24, 2.45) is 0 Å². The highest BCUT2D eigenvalue weighted by molar-refractivity contribution is 7.89. The summed E-state index contributed by atoms with van der Waals surface area (Å²) in [7, 11) is -1.82. The molecule has 1 aromatic carbocycles. The maximum atomic E-state index is 12.3. The predicted octanol–water partition coefficient (Wildman–Crippen LogP) is -0.154. The van der Waals surface area contributed by atoms with Crippen LogP contribution >= 0.6 is 0 Å². The van der Waals surface area contributed by atoms with E-state index in [1.54, 1.807) is 30.1 Å². The zero-order valence-corrected chi connectivity index (χ0v) is 12.0. The highest BCUT2D eigenvalue weighted by Crippen LogP contribution is 2.29. The van der Waals surface area contributed by atoms with E-state index in [-0.39, 0.29) is 23.3 Å². The van der Waals surface area contributed by atoms with E-state index in [9.17, 15) is 13.2 Å². The van der Waals surface area contributed by atoms with Gasteiger partial charge in [0.25, 0.3) is 0 Å². The van der Waals surface area contributed by atoms with Crippen LogP contribution < -0.4 is 14.9 Å². The molecule has 0 aromatic heterocycles. The Kier molecular flexibility index (Phi) is 3.27. The zero-order valence-electron chi connectivity index (χ0n) is 11.2. The van der Waals surface area contributed by atoms with E-state index < -0.39 is 10.0 Å². The van der Waals surface area contributed by atoms with Gasteiger partial charge in [0.05, 0.1) is 11.3 Å². The van der Waals surface area contributed by atoms with E-state index in [2.05, 4.69) is 10.0 Å². The SMILES string of the molecule is CN1C(=O)Cc2cc(S(=O)(=O)NC3CCNC3)ccc21. The van der Waals surface area contributed by atoms with Crippen molar-refractivity contribution in [2.75, 3.05) is 25.0 Å². The lowest BCUT2D eigenvalue weighted by molar-refractivity contribution is -0.117. The van der Waals surface area contributed by atoms with Gasteiger partial charge >= 0.3 is 0 Å². The largest absolute Gasteiger partial charge is 0.315 e. The standard InChI is InChI=1S/C13H17N3O3S/c1-16-12-3-2-11(6-9(12)7-13(16)17)20(18,19)15-10-4-5-14-8-10/h2-3,6,10,14-15H,4-5,7-8H2,1H3. The van der Waals surface area contributed by atoms with E-state index >= 15 is 0 Å². The first kappa shape index (κ1) is 13.5. The number of sulfonamides is 1. The van der Waals surface area contributed by atoms with E-state index in [1.807, 2.05) is 0 Å². The molecule has 0 aliphatic carbocycles. The van der Waals surface area contributed by atoms with Crippen LogP contribution in [0.3, 0.4) is 0 Å². The summed E-state index contributed by atoms with van der Waals surface area (Å²) in [5, 5.41) is 3.12. The molecule has 6 nitrogen and oxygen atoms in total.